The fourth-order valence-electron chi connectivity index (χ4n) is 3.98. The van der Waals surface area contributed by atoms with Crippen molar-refractivity contribution in [2.45, 2.75) is 57.0 Å². The number of hydrogen-bond donors (Lipinski definition) is 0. The van der Waals surface area contributed by atoms with Crippen LogP contribution in [0.15, 0.2) is 51.9 Å². The number of benzene rings is 2. The molecule has 0 atom stereocenters. The quantitative estimate of drug-likeness (QED) is 0.132. The first-order valence-electron chi connectivity index (χ1n) is 13.0. The Bertz CT molecular complexity index is 1450. The van der Waals surface area contributed by atoms with Crippen LogP contribution in [0.2, 0.25) is 0 Å². The van der Waals surface area contributed by atoms with Gasteiger partial charge in [-0.15, -0.1) is 0 Å². The van der Waals surface area contributed by atoms with Gasteiger partial charge in [-0.25, -0.2) is 17.5 Å². The van der Waals surface area contributed by atoms with Crippen LogP contribution in [-0.2, 0) is 36.1 Å². The Morgan fingerprint density at radius 2 is 1.78 bits per heavy atom. The number of amides is 1. The SMILES string of the molecule is COCCOCN(c1onc(C)c1C)S(=O)(=O)c1ccccc1-c1ccc(CBr)cc1CN(C)C(=O)OC(C)(C)C. The fourth-order valence-corrected chi connectivity index (χ4v) is 5.87. The van der Waals surface area contributed by atoms with Gasteiger partial charge in [0.15, 0.2) is 0 Å². The highest BCUT2D eigenvalue weighted by Crippen LogP contribution is 2.36. The molecule has 0 radical (unpaired) electrons. The van der Waals surface area contributed by atoms with Gasteiger partial charge in [0.2, 0.25) is 5.88 Å². The van der Waals surface area contributed by atoms with Crippen molar-refractivity contribution in [3.05, 3.63) is 64.8 Å². The molecule has 3 aromatic rings. The average molecular weight is 653 g/mol. The third kappa shape index (κ3) is 8.09. The highest BCUT2D eigenvalue weighted by atomic mass is 79.9. The molecule has 224 valence electrons. The molecule has 0 saturated heterocycles. The third-order valence-corrected chi connectivity index (χ3v) is 8.59. The summed E-state index contributed by atoms with van der Waals surface area (Å²) in [5.41, 5.74) is 3.37. The van der Waals surface area contributed by atoms with E-state index in [1.54, 1.807) is 65.9 Å². The summed E-state index contributed by atoms with van der Waals surface area (Å²) in [6.45, 7) is 9.28. The van der Waals surface area contributed by atoms with Crippen LogP contribution in [0.5, 0.6) is 0 Å². The van der Waals surface area contributed by atoms with Crippen molar-refractivity contribution in [1.29, 1.82) is 0 Å². The maximum atomic E-state index is 14.3. The number of alkyl halides is 1. The Morgan fingerprint density at radius 1 is 1.07 bits per heavy atom. The van der Waals surface area contributed by atoms with E-state index in [0.29, 0.717) is 34.3 Å². The summed E-state index contributed by atoms with van der Waals surface area (Å²) in [5.74, 6) is 0.0780. The molecule has 0 fully saturated rings. The summed E-state index contributed by atoms with van der Waals surface area (Å²) in [6, 6.07) is 12.5. The predicted molar refractivity (Wildman–Crippen MR) is 161 cm³/mol. The van der Waals surface area contributed by atoms with Gasteiger partial charge in [0.25, 0.3) is 10.0 Å². The van der Waals surface area contributed by atoms with Crippen LogP contribution in [0.3, 0.4) is 0 Å². The van der Waals surface area contributed by atoms with Gasteiger partial charge in [-0.3, -0.25) is 0 Å². The number of aryl methyl sites for hydroxylation is 1. The van der Waals surface area contributed by atoms with Crippen LogP contribution in [0.1, 0.15) is 43.2 Å². The van der Waals surface area contributed by atoms with Crippen LogP contribution in [0.4, 0.5) is 10.7 Å². The summed E-state index contributed by atoms with van der Waals surface area (Å²) in [4.78, 5) is 14.3. The number of methoxy groups -OCH3 is 1. The zero-order valence-electron chi connectivity index (χ0n) is 24.6. The number of nitrogens with zero attached hydrogens (tertiary/aromatic N) is 3. The van der Waals surface area contributed by atoms with Gasteiger partial charge >= 0.3 is 6.09 Å². The first kappa shape index (κ1) is 32.6. The molecule has 0 aliphatic carbocycles. The minimum atomic E-state index is -4.21. The van der Waals surface area contributed by atoms with E-state index in [-0.39, 0.29) is 30.7 Å². The number of aromatic nitrogens is 1. The van der Waals surface area contributed by atoms with E-state index in [1.807, 2.05) is 18.2 Å². The molecule has 0 spiro atoms. The van der Waals surface area contributed by atoms with Crippen molar-refractivity contribution in [2.24, 2.45) is 0 Å². The molecule has 1 heterocycles. The van der Waals surface area contributed by atoms with E-state index in [1.165, 1.54) is 12.0 Å². The smallest absolute Gasteiger partial charge is 0.410 e. The second-order valence-corrected chi connectivity index (χ2v) is 12.9. The van der Waals surface area contributed by atoms with Gasteiger partial charge in [0.05, 0.1) is 23.8 Å². The van der Waals surface area contributed by atoms with Crippen molar-refractivity contribution in [3.63, 3.8) is 0 Å². The number of carbonyl (C=O) groups excluding carboxylic acids is 1. The van der Waals surface area contributed by atoms with Gasteiger partial charge < -0.3 is 23.6 Å². The number of anilines is 1. The highest BCUT2D eigenvalue weighted by molar-refractivity contribution is 9.08. The summed E-state index contributed by atoms with van der Waals surface area (Å²) < 4.78 is 51.4. The molecule has 0 bridgehead atoms. The predicted octanol–water partition coefficient (Wildman–Crippen LogP) is 6.04. The van der Waals surface area contributed by atoms with Crippen molar-refractivity contribution in [1.82, 2.24) is 10.1 Å². The second kappa shape index (κ2) is 13.8. The lowest BCUT2D eigenvalue weighted by molar-refractivity contribution is 0.0285. The summed E-state index contributed by atoms with van der Waals surface area (Å²) >= 11 is 3.50. The maximum Gasteiger partial charge on any atom is 0.410 e. The summed E-state index contributed by atoms with van der Waals surface area (Å²) in [6.07, 6.45) is -0.482. The summed E-state index contributed by atoms with van der Waals surface area (Å²) in [7, 11) is -1.02. The van der Waals surface area contributed by atoms with Crippen molar-refractivity contribution in [2.75, 3.05) is 38.4 Å². The minimum absolute atomic E-state index is 0.0524. The van der Waals surface area contributed by atoms with Crippen molar-refractivity contribution < 1.29 is 31.9 Å². The topological polar surface area (TPSA) is 111 Å². The minimum Gasteiger partial charge on any atom is -0.444 e. The first-order valence-corrected chi connectivity index (χ1v) is 15.6. The zero-order valence-corrected chi connectivity index (χ0v) is 27.0. The number of sulfonamides is 1. The average Bonchev–Trinajstić information content (AvgIpc) is 3.24. The molecule has 0 aliphatic heterocycles. The van der Waals surface area contributed by atoms with E-state index in [4.69, 9.17) is 18.7 Å². The monoisotopic (exact) mass is 651 g/mol. The number of ether oxygens (including phenoxy) is 3. The molecule has 0 aliphatic rings. The third-order valence-electron chi connectivity index (χ3n) is 6.18. The standard InChI is InChI=1S/C29H38BrN3O7S/c1-20-21(2)31-40-27(20)33(19-38-15-14-37-7)41(35,36)26-11-9-8-10-25(26)24-13-12-22(17-30)16-23(24)18-32(6)28(34)39-29(3,4)5/h8-13,16H,14-15,17-19H2,1-7H3. The molecule has 1 aromatic heterocycles. The van der Waals surface area contributed by atoms with Gasteiger partial charge in [-0.2, -0.15) is 0 Å². The molecule has 2 aromatic carbocycles. The molecule has 41 heavy (non-hydrogen) atoms. The largest absolute Gasteiger partial charge is 0.444 e. The molecule has 10 nitrogen and oxygen atoms in total. The van der Waals surface area contributed by atoms with Crippen LogP contribution < -0.4 is 4.31 Å². The highest BCUT2D eigenvalue weighted by Gasteiger charge is 2.33. The Balaban J connectivity index is 2.11. The van der Waals surface area contributed by atoms with Crippen LogP contribution >= 0.6 is 15.9 Å². The molecule has 0 saturated carbocycles. The van der Waals surface area contributed by atoms with Gasteiger partial charge in [0, 0.05) is 37.2 Å². The van der Waals surface area contributed by atoms with E-state index < -0.39 is 21.7 Å². The number of hydrogen-bond acceptors (Lipinski definition) is 8. The molecule has 0 unspecified atom stereocenters. The van der Waals surface area contributed by atoms with Crippen molar-refractivity contribution in [3.8, 4) is 11.1 Å². The molecule has 3 rings (SSSR count). The molecule has 0 N–H and O–H groups in total. The molecular weight excluding hydrogens is 614 g/mol. The normalized spacial score (nSPS) is 11.9. The van der Waals surface area contributed by atoms with Gasteiger partial charge in [0.1, 0.15) is 12.3 Å². The Labute approximate surface area is 250 Å². The van der Waals surface area contributed by atoms with Gasteiger partial charge in [-0.1, -0.05) is 57.5 Å². The van der Waals surface area contributed by atoms with E-state index in [2.05, 4.69) is 21.1 Å². The van der Waals surface area contributed by atoms with Crippen molar-refractivity contribution >= 4 is 37.9 Å². The number of carbonyl (C=O) groups is 1. The van der Waals surface area contributed by atoms with E-state index >= 15 is 0 Å². The van der Waals surface area contributed by atoms with Crippen LogP contribution in [0.25, 0.3) is 11.1 Å². The lowest BCUT2D eigenvalue weighted by Gasteiger charge is -2.26. The molecule has 1 amide bonds. The van der Waals surface area contributed by atoms with Crippen LogP contribution in [0, 0.1) is 13.8 Å². The van der Waals surface area contributed by atoms with Gasteiger partial charge in [-0.05, 0) is 57.4 Å². The Hall–Kier alpha value is -2.93. The maximum absolute atomic E-state index is 14.3. The lowest BCUT2D eigenvalue weighted by Crippen LogP contribution is -2.34. The van der Waals surface area contributed by atoms with Crippen LogP contribution in [-0.4, -0.2) is 64.3 Å². The second-order valence-electron chi connectivity index (χ2n) is 10.5. The zero-order chi connectivity index (χ0) is 30.4. The lowest BCUT2D eigenvalue weighted by atomic mass is 9.97. The fraction of sp³-hybridized carbons (Fsp3) is 0.448. The molecular formula is C29H38BrN3O7S. The molecule has 12 heteroatoms. The van der Waals surface area contributed by atoms with E-state index in [0.717, 1.165) is 15.4 Å². The summed E-state index contributed by atoms with van der Waals surface area (Å²) in [5, 5.41) is 4.55. The first-order chi connectivity index (χ1) is 19.3. The number of halogens is 1. The Morgan fingerprint density at radius 3 is 2.39 bits per heavy atom. The number of rotatable bonds is 12. The Kier molecular flexibility index (Phi) is 11.0. The van der Waals surface area contributed by atoms with E-state index in [9.17, 15) is 13.2 Å².